The van der Waals surface area contributed by atoms with E-state index in [-0.39, 0.29) is 0 Å². The summed E-state index contributed by atoms with van der Waals surface area (Å²) in [5.41, 5.74) is 1.24. The Balaban J connectivity index is 3.79. The Labute approximate surface area is 47.8 Å². The van der Waals surface area contributed by atoms with Crippen LogP contribution in [0.4, 0.5) is 0 Å². The van der Waals surface area contributed by atoms with Gasteiger partial charge in [-0.15, -0.1) is 12.1 Å². The molecule has 0 N–H and O–H groups in total. The van der Waals surface area contributed by atoms with E-state index in [0.717, 1.165) is 0 Å². The highest BCUT2D eigenvalue weighted by Gasteiger charge is 2.08. The van der Waals surface area contributed by atoms with Crippen molar-refractivity contribution in [2.24, 2.45) is 0 Å². The summed E-state index contributed by atoms with van der Waals surface area (Å²) in [7, 11) is 4.22. The summed E-state index contributed by atoms with van der Waals surface area (Å²) in [5.74, 6) is 0. The van der Waals surface area contributed by atoms with Crippen molar-refractivity contribution in [3.8, 4) is 0 Å². The molecular formula is C5H12B2. The van der Waals surface area contributed by atoms with Crippen LogP contribution in [-0.2, 0) is 0 Å². The molecule has 0 rings (SSSR count). The second kappa shape index (κ2) is 1.77. The van der Waals surface area contributed by atoms with Crippen LogP contribution >= 0.6 is 0 Å². The van der Waals surface area contributed by atoms with E-state index in [4.69, 9.17) is 0 Å². The van der Waals surface area contributed by atoms with Crippen LogP contribution in [0.25, 0.3) is 0 Å². The van der Waals surface area contributed by atoms with Gasteiger partial charge in [-0.05, 0) is 0 Å². The molecule has 0 saturated carbocycles. The van der Waals surface area contributed by atoms with Crippen molar-refractivity contribution >= 4 is 15.7 Å². The first kappa shape index (κ1) is 6.87. The van der Waals surface area contributed by atoms with Gasteiger partial charge in [0, 0.05) is 0 Å². The van der Waals surface area contributed by atoms with Gasteiger partial charge in [0.2, 0.25) is 0 Å². The summed E-state index contributed by atoms with van der Waals surface area (Å²) in [6.45, 7) is 8.15. The molecule has 0 aliphatic carbocycles. The van der Waals surface area contributed by atoms with Crippen molar-refractivity contribution in [2.45, 2.75) is 19.2 Å². The lowest BCUT2D eigenvalue weighted by atomic mass is 9.61. The summed E-state index contributed by atoms with van der Waals surface area (Å²) < 4.78 is 0. The zero-order valence-corrected chi connectivity index (χ0v) is 5.71. The second-order valence-electron chi connectivity index (χ2n) is 3.03. The summed E-state index contributed by atoms with van der Waals surface area (Å²) in [6.07, 6.45) is 0. The lowest BCUT2D eigenvalue weighted by Gasteiger charge is -2.17. The Morgan fingerprint density at radius 2 is 1.71 bits per heavy atom. The van der Waals surface area contributed by atoms with Crippen molar-refractivity contribution in [1.82, 2.24) is 0 Å². The monoisotopic (exact) mass is 94.1 g/mol. The first-order valence-corrected chi connectivity index (χ1v) is 2.60. The molecule has 0 fully saturated rings. The molecule has 0 atom stereocenters. The number of hydrogen-bond acceptors (Lipinski definition) is 0. The largest absolute Gasteiger partial charge is 0.132 e. The molecule has 0 aromatic carbocycles. The van der Waals surface area contributed by atoms with Crippen molar-refractivity contribution < 1.29 is 0 Å². The molecule has 0 radical (unpaired) electrons. The minimum Gasteiger partial charge on any atom is -0.119 e. The fourth-order valence-corrected chi connectivity index (χ4v) is 0. The van der Waals surface area contributed by atoms with E-state index in [1.165, 1.54) is 5.47 Å². The number of allylic oxidation sites excluding steroid dienone is 1. The molecule has 0 unspecified atom stereocenters. The molecule has 0 bridgehead atoms. The van der Waals surface area contributed by atoms with Gasteiger partial charge in [0.05, 0.1) is 0 Å². The quantitative estimate of drug-likeness (QED) is 0.400. The standard InChI is InChI=1S/C5H12B2/c1-4(6)5(2,3)7/h1,6-7H2,2-3H3. The third kappa shape index (κ3) is 2.55. The van der Waals surface area contributed by atoms with Crippen LogP contribution in [0.5, 0.6) is 0 Å². The average Bonchev–Trinajstić information content (AvgIpc) is 1.31. The van der Waals surface area contributed by atoms with Crippen LogP contribution in [0.1, 0.15) is 13.8 Å². The highest BCUT2D eigenvalue weighted by Crippen LogP contribution is 2.24. The normalized spacial score (nSPS) is 11.1. The van der Waals surface area contributed by atoms with Crippen molar-refractivity contribution in [1.29, 1.82) is 0 Å². The predicted molar refractivity (Wildman–Crippen MR) is 40.3 cm³/mol. The van der Waals surface area contributed by atoms with E-state index in [0.29, 0.717) is 5.31 Å². The van der Waals surface area contributed by atoms with Crippen LogP contribution in [0, 0.1) is 0 Å². The Morgan fingerprint density at radius 3 is 1.71 bits per heavy atom. The minimum absolute atomic E-state index is 0.306. The molecule has 0 saturated heterocycles. The Kier molecular flexibility index (Phi) is 1.74. The van der Waals surface area contributed by atoms with E-state index < -0.39 is 0 Å². The van der Waals surface area contributed by atoms with Crippen LogP contribution in [0.3, 0.4) is 0 Å². The van der Waals surface area contributed by atoms with Gasteiger partial charge in [-0.3, -0.25) is 0 Å². The highest BCUT2D eigenvalue weighted by molar-refractivity contribution is 6.31. The Bertz CT molecular complexity index is 78.6. The van der Waals surface area contributed by atoms with Gasteiger partial charge < -0.3 is 0 Å². The Morgan fingerprint density at radius 1 is 1.57 bits per heavy atom. The van der Waals surface area contributed by atoms with Crippen molar-refractivity contribution in [3.63, 3.8) is 0 Å². The van der Waals surface area contributed by atoms with E-state index in [9.17, 15) is 0 Å². The van der Waals surface area contributed by atoms with E-state index >= 15 is 0 Å². The zero-order chi connectivity index (χ0) is 6.08. The molecule has 0 nitrogen and oxygen atoms in total. The first-order chi connectivity index (χ1) is 2.94. The van der Waals surface area contributed by atoms with Gasteiger partial charge in [-0.25, -0.2) is 0 Å². The molecule has 0 aliphatic heterocycles. The third-order valence-electron chi connectivity index (χ3n) is 1.28. The first-order valence-electron chi connectivity index (χ1n) is 2.60. The molecule has 7 heavy (non-hydrogen) atoms. The third-order valence-corrected chi connectivity index (χ3v) is 1.28. The van der Waals surface area contributed by atoms with Crippen molar-refractivity contribution in [3.05, 3.63) is 12.1 Å². The summed E-state index contributed by atoms with van der Waals surface area (Å²) in [5, 5.41) is 0.306. The SMILES string of the molecule is BC(=C)C(B)(C)C. The van der Waals surface area contributed by atoms with E-state index in [1.807, 2.05) is 0 Å². The summed E-state index contributed by atoms with van der Waals surface area (Å²) >= 11 is 0. The van der Waals surface area contributed by atoms with Crippen LogP contribution < -0.4 is 0 Å². The maximum Gasteiger partial charge on any atom is 0.132 e. The molecule has 2 heteroatoms. The second-order valence-corrected chi connectivity index (χ2v) is 3.03. The van der Waals surface area contributed by atoms with Gasteiger partial charge in [0.25, 0.3) is 0 Å². The maximum absolute atomic E-state index is 3.83. The molecule has 0 amide bonds. The van der Waals surface area contributed by atoms with Gasteiger partial charge in [-0.2, -0.15) is 0 Å². The average molecular weight is 93.8 g/mol. The summed E-state index contributed by atoms with van der Waals surface area (Å²) in [4.78, 5) is 0. The number of rotatable bonds is 1. The molecule has 38 valence electrons. The van der Waals surface area contributed by atoms with Crippen LogP contribution in [0.2, 0.25) is 5.31 Å². The van der Waals surface area contributed by atoms with Gasteiger partial charge in [0.15, 0.2) is 0 Å². The lowest BCUT2D eigenvalue weighted by molar-refractivity contribution is 0.846. The van der Waals surface area contributed by atoms with Crippen LogP contribution in [-0.4, -0.2) is 15.7 Å². The molecule has 0 aliphatic rings. The molecule has 0 aromatic heterocycles. The fourth-order valence-electron chi connectivity index (χ4n) is 0. The lowest BCUT2D eigenvalue weighted by Crippen LogP contribution is -2.04. The minimum atomic E-state index is 0.306. The smallest absolute Gasteiger partial charge is 0.119 e. The molecular weight excluding hydrogens is 81.7 g/mol. The number of hydrogen-bond donors (Lipinski definition) is 0. The zero-order valence-electron chi connectivity index (χ0n) is 5.71. The van der Waals surface area contributed by atoms with E-state index in [1.54, 1.807) is 0 Å². The topological polar surface area (TPSA) is 0 Å². The van der Waals surface area contributed by atoms with Gasteiger partial charge in [-0.1, -0.05) is 19.2 Å². The molecule has 0 aromatic rings. The Hall–Kier alpha value is -0.130. The van der Waals surface area contributed by atoms with E-state index in [2.05, 4.69) is 36.1 Å². The predicted octanol–water partition coefficient (Wildman–Crippen LogP) is -0.0352. The fraction of sp³-hybridized carbons (Fsp3) is 0.600. The molecule has 0 spiro atoms. The highest BCUT2D eigenvalue weighted by atomic mass is 14.0. The van der Waals surface area contributed by atoms with Crippen LogP contribution in [0.15, 0.2) is 12.1 Å². The molecule has 0 heterocycles. The summed E-state index contributed by atoms with van der Waals surface area (Å²) in [6, 6.07) is 0. The maximum atomic E-state index is 3.83. The van der Waals surface area contributed by atoms with Gasteiger partial charge in [0.1, 0.15) is 15.7 Å². The van der Waals surface area contributed by atoms with Gasteiger partial charge >= 0.3 is 0 Å². The van der Waals surface area contributed by atoms with Crippen molar-refractivity contribution in [2.75, 3.05) is 0 Å².